The van der Waals surface area contributed by atoms with Crippen molar-refractivity contribution >= 4 is 38.8 Å². The van der Waals surface area contributed by atoms with Crippen LogP contribution in [0.5, 0.6) is 5.88 Å². The standard InChI is InChI=1S/C12H15BrN4OS/c1-3-18-12-10(14)11(15-7-16-12)17(2)5-8-4-9(13)19-6-8/h4,6-7H,3,5,14H2,1-2H3. The number of anilines is 2. The predicted octanol–water partition coefficient (Wildman–Crippen LogP) is 2.92. The summed E-state index contributed by atoms with van der Waals surface area (Å²) in [5.74, 6) is 1.12. The minimum Gasteiger partial charge on any atom is -0.476 e. The van der Waals surface area contributed by atoms with E-state index in [2.05, 4.69) is 37.3 Å². The fourth-order valence-corrected chi connectivity index (χ4v) is 2.90. The van der Waals surface area contributed by atoms with Gasteiger partial charge in [-0.15, -0.1) is 11.3 Å². The lowest BCUT2D eigenvalue weighted by atomic mass is 10.3. The molecule has 0 saturated heterocycles. The summed E-state index contributed by atoms with van der Waals surface area (Å²) in [6.07, 6.45) is 1.47. The van der Waals surface area contributed by atoms with Crippen molar-refractivity contribution in [1.29, 1.82) is 0 Å². The second kappa shape index (κ2) is 6.21. The van der Waals surface area contributed by atoms with E-state index in [4.69, 9.17) is 10.5 Å². The fraction of sp³-hybridized carbons (Fsp3) is 0.333. The molecule has 0 amide bonds. The topological polar surface area (TPSA) is 64.3 Å². The number of nitrogens with two attached hydrogens (primary N) is 1. The van der Waals surface area contributed by atoms with Crippen molar-refractivity contribution in [2.75, 3.05) is 24.3 Å². The molecule has 7 heteroatoms. The van der Waals surface area contributed by atoms with Gasteiger partial charge in [0.15, 0.2) is 5.82 Å². The number of rotatable bonds is 5. The Morgan fingerprint density at radius 2 is 2.26 bits per heavy atom. The molecule has 0 radical (unpaired) electrons. The summed E-state index contributed by atoms with van der Waals surface area (Å²) in [5, 5.41) is 2.10. The van der Waals surface area contributed by atoms with Crippen molar-refractivity contribution in [2.45, 2.75) is 13.5 Å². The van der Waals surface area contributed by atoms with Gasteiger partial charge in [-0.1, -0.05) is 0 Å². The zero-order valence-electron chi connectivity index (χ0n) is 10.8. The molecular formula is C12H15BrN4OS. The molecule has 0 aliphatic rings. The zero-order chi connectivity index (χ0) is 13.8. The van der Waals surface area contributed by atoms with Crippen LogP contribution in [-0.4, -0.2) is 23.6 Å². The third-order valence-electron chi connectivity index (χ3n) is 2.51. The molecule has 0 aromatic carbocycles. The molecule has 19 heavy (non-hydrogen) atoms. The fourth-order valence-electron chi connectivity index (χ4n) is 1.70. The molecule has 0 fully saturated rings. The highest BCUT2D eigenvalue weighted by atomic mass is 79.9. The van der Waals surface area contributed by atoms with E-state index in [-0.39, 0.29) is 0 Å². The van der Waals surface area contributed by atoms with Gasteiger partial charge in [-0.25, -0.2) is 4.98 Å². The number of hydrogen-bond donors (Lipinski definition) is 1. The quantitative estimate of drug-likeness (QED) is 0.904. The summed E-state index contributed by atoms with van der Waals surface area (Å²) in [6, 6.07) is 2.09. The summed E-state index contributed by atoms with van der Waals surface area (Å²) >= 11 is 5.11. The Morgan fingerprint density at radius 3 is 2.89 bits per heavy atom. The van der Waals surface area contributed by atoms with Gasteiger partial charge < -0.3 is 15.4 Å². The van der Waals surface area contributed by atoms with E-state index in [0.717, 1.165) is 10.3 Å². The molecule has 0 bridgehead atoms. The summed E-state index contributed by atoms with van der Waals surface area (Å²) < 4.78 is 6.49. The zero-order valence-corrected chi connectivity index (χ0v) is 13.2. The lowest BCUT2D eigenvalue weighted by molar-refractivity contribution is 0.328. The van der Waals surface area contributed by atoms with Gasteiger partial charge in [0, 0.05) is 13.6 Å². The van der Waals surface area contributed by atoms with Crippen molar-refractivity contribution in [3.8, 4) is 5.88 Å². The number of nitrogen functional groups attached to an aromatic ring is 1. The van der Waals surface area contributed by atoms with Crippen LogP contribution in [0.2, 0.25) is 0 Å². The number of nitrogens with zero attached hydrogens (tertiary/aromatic N) is 3. The van der Waals surface area contributed by atoms with E-state index >= 15 is 0 Å². The number of hydrogen-bond acceptors (Lipinski definition) is 6. The van der Waals surface area contributed by atoms with Gasteiger partial charge in [-0.05, 0) is 39.9 Å². The van der Waals surface area contributed by atoms with Gasteiger partial charge in [0.05, 0.1) is 10.4 Å². The normalized spacial score (nSPS) is 10.5. The molecule has 2 aromatic heterocycles. The molecule has 0 spiro atoms. The number of thiophene rings is 1. The van der Waals surface area contributed by atoms with E-state index in [1.165, 1.54) is 11.9 Å². The maximum absolute atomic E-state index is 6.03. The Balaban J connectivity index is 2.18. The molecule has 0 aliphatic carbocycles. The Bertz CT molecular complexity index is 560. The third kappa shape index (κ3) is 3.36. The van der Waals surface area contributed by atoms with Crippen LogP contribution < -0.4 is 15.4 Å². The van der Waals surface area contributed by atoms with Crippen molar-refractivity contribution in [1.82, 2.24) is 9.97 Å². The van der Waals surface area contributed by atoms with Crippen LogP contribution in [0.25, 0.3) is 0 Å². The average Bonchev–Trinajstić information content (AvgIpc) is 2.77. The summed E-state index contributed by atoms with van der Waals surface area (Å²) in [7, 11) is 1.94. The van der Waals surface area contributed by atoms with Gasteiger partial charge >= 0.3 is 0 Å². The first-order valence-electron chi connectivity index (χ1n) is 5.79. The van der Waals surface area contributed by atoms with E-state index in [9.17, 15) is 0 Å². The summed E-state index contributed by atoms with van der Waals surface area (Å²) in [4.78, 5) is 10.2. The molecule has 2 N–H and O–H groups in total. The highest BCUT2D eigenvalue weighted by molar-refractivity contribution is 9.11. The summed E-state index contributed by atoms with van der Waals surface area (Å²) in [5.41, 5.74) is 7.71. The van der Waals surface area contributed by atoms with Crippen molar-refractivity contribution in [3.63, 3.8) is 0 Å². The van der Waals surface area contributed by atoms with E-state index in [0.29, 0.717) is 24.0 Å². The highest BCUT2D eigenvalue weighted by Gasteiger charge is 2.13. The van der Waals surface area contributed by atoms with Gasteiger partial charge in [-0.3, -0.25) is 0 Å². The smallest absolute Gasteiger partial charge is 0.242 e. The number of halogens is 1. The molecule has 0 saturated carbocycles. The third-order valence-corrected chi connectivity index (χ3v) is 4.06. The van der Waals surface area contributed by atoms with Crippen LogP contribution in [0.15, 0.2) is 21.6 Å². The molecule has 2 aromatic rings. The van der Waals surface area contributed by atoms with Crippen LogP contribution in [-0.2, 0) is 6.54 Å². The maximum atomic E-state index is 6.03. The average molecular weight is 343 g/mol. The number of ether oxygens (including phenoxy) is 1. The number of aromatic nitrogens is 2. The second-order valence-electron chi connectivity index (χ2n) is 3.96. The Labute approximate surface area is 124 Å². The first-order valence-corrected chi connectivity index (χ1v) is 7.46. The lowest BCUT2D eigenvalue weighted by Crippen LogP contribution is -2.19. The summed E-state index contributed by atoms with van der Waals surface area (Å²) in [6.45, 7) is 3.16. The molecule has 2 heterocycles. The highest BCUT2D eigenvalue weighted by Crippen LogP contribution is 2.29. The van der Waals surface area contributed by atoms with Crippen LogP contribution in [0.3, 0.4) is 0 Å². The maximum Gasteiger partial charge on any atom is 0.242 e. The van der Waals surface area contributed by atoms with E-state index in [1.54, 1.807) is 11.3 Å². The van der Waals surface area contributed by atoms with Crippen LogP contribution in [0.4, 0.5) is 11.5 Å². The van der Waals surface area contributed by atoms with Crippen LogP contribution in [0, 0.1) is 0 Å². The van der Waals surface area contributed by atoms with Gasteiger partial charge in [0.2, 0.25) is 5.88 Å². The van der Waals surface area contributed by atoms with Crippen molar-refractivity contribution < 1.29 is 4.74 Å². The first kappa shape index (κ1) is 14.1. The monoisotopic (exact) mass is 342 g/mol. The Hall–Kier alpha value is -1.34. The lowest BCUT2D eigenvalue weighted by Gasteiger charge is -2.19. The minimum atomic E-state index is 0.436. The Kier molecular flexibility index (Phi) is 4.60. The molecule has 0 atom stereocenters. The molecule has 2 rings (SSSR count). The van der Waals surface area contributed by atoms with E-state index < -0.39 is 0 Å². The van der Waals surface area contributed by atoms with Gasteiger partial charge in [0.1, 0.15) is 12.0 Å². The minimum absolute atomic E-state index is 0.436. The molecule has 102 valence electrons. The predicted molar refractivity (Wildman–Crippen MR) is 81.7 cm³/mol. The van der Waals surface area contributed by atoms with Gasteiger partial charge in [0.25, 0.3) is 0 Å². The molecule has 0 aliphatic heterocycles. The second-order valence-corrected chi connectivity index (χ2v) is 6.25. The Morgan fingerprint density at radius 1 is 1.47 bits per heavy atom. The SMILES string of the molecule is CCOc1ncnc(N(C)Cc2csc(Br)c2)c1N. The van der Waals surface area contributed by atoms with Crippen molar-refractivity contribution in [3.05, 3.63) is 27.1 Å². The molecule has 5 nitrogen and oxygen atoms in total. The van der Waals surface area contributed by atoms with Crippen LogP contribution in [0.1, 0.15) is 12.5 Å². The van der Waals surface area contributed by atoms with Crippen molar-refractivity contribution in [2.24, 2.45) is 0 Å². The van der Waals surface area contributed by atoms with E-state index in [1.807, 2.05) is 18.9 Å². The first-order chi connectivity index (χ1) is 9.11. The van der Waals surface area contributed by atoms with Gasteiger partial charge in [-0.2, -0.15) is 4.98 Å². The molecular weight excluding hydrogens is 328 g/mol. The largest absolute Gasteiger partial charge is 0.476 e. The molecule has 0 unspecified atom stereocenters. The van der Waals surface area contributed by atoms with Crippen LogP contribution >= 0.6 is 27.3 Å².